The van der Waals surface area contributed by atoms with Crippen molar-refractivity contribution in [2.24, 2.45) is 11.7 Å². The Balaban J connectivity index is 0.00000338. The van der Waals surface area contributed by atoms with E-state index >= 15 is 0 Å². The van der Waals surface area contributed by atoms with E-state index in [1.807, 2.05) is 25.7 Å². The molecule has 0 bridgehead atoms. The second kappa shape index (κ2) is 9.85. The second-order valence-corrected chi connectivity index (χ2v) is 6.81. The number of benzene rings is 1. The third kappa shape index (κ3) is 5.65. The molecule has 2 rings (SSSR count). The first-order chi connectivity index (χ1) is 11.8. The van der Waals surface area contributed by atoms with Crippen molar-refractivity contribution in [1.29, 1.82) is 0 Å². The number of nitrogens with zero attached hydrogens (tertiary/aromatic N) is 2. The van der Waals surface area contributed by atoms with Gasteiger partial charge in [0.1, 0.15) is 5.82 Å². The average Bonchev–Trinajstić information content (AvgIpc) is 2.59. The zero-order valence-electron chi connectivity index (χ0n) is 15.4. The topological polar surface area (TPSA) is 78.7 Å². The summed E-state index contributed by atoms with van der Waals surface area (Å²) in [6.07, 6.45) is 0. The fourth-order valence-corrected chi connectivity index (χ4v) is 2.80. The number of hydrogen-bond donors (Lipinski definition) is 2. The van der Waals surface area contributed by atoms with E-state index in [1.54, 1.807) is 17.0 Å². The summed E-state index contributed by atoms with van der Waals surface area (Å²) in [4.78, 5) is 28.4. The summed E-state index contributed by atoms with van der Waals surface area (Å²) in [6.45, 7) is 7.98. The molecule has 1 aliphatic rings. The van der Waals surface area contributed by atoms with E-state index in [-0.39, 0.29) is 42.0 Å². The van der Waals surface area contributed by atoms with E-state index < -0.39 is 6.04 Å². The van der Waals surface area contributed by atoms with Crippen LogP contribution in [0.25, 0.3) is 0 Å². The van der Waals surface area contributed by atoms with Crippen molar-refractivity contribution in [2.75, 3.05) is 31.5 Å². The third-order valence-corrected chi connectivity index (χ3v) is 4.65. The fraction of sp³-hybridized carbons (Fsp3) is 0.556. The molecule has 8 heteroatoms. The summed E-state index contributed by atoms with van der Waals surface area (Å²) in [5.41, 5.74) is 6.37. The molecule has 1 aromatic rings. The maximum absolute atomic E-state index is 13.2. The number of carbonyl (C=O) groups is 2. The summed E-state index contributed by atoms with van der Waals surface area (Å²) in [7, 11) is 0. The van der Waals surface area contributed by atoms with Gasteiger partial charge in [0, 0.05) is 31.9 Å². The summed E-state index contributed by atoms with van der Waals surface area (Å²) in [5, 5.41) is 2.73. The van der Waals surface area contributed by atoms with Crippen molar-refractivity contribution >= 4 is 29.9 Å². The molecule has 1 fully saturated rings. The van der Waals surface area contributed by atoms with Gasteiger partial charge in [-0.15, -0.1) is 12.4 Å². The highest BCUT2D eigenvalue weighted by Crippen LogP contribution is 2.13. The van der Waals surface area contributed by atoms with E-state index in [2.05, 4.69) is 5.32 Å². The van der Waals surface area contributed by atoms with E-state index in [1.165, 1.54) is 12.1 Å². The van der Waals surface area contributed by atoms with Crippen LogP contribution in [0.1, 0.15) is 20.8 Å². The van der Waals surface area contributed by atoms with Gasteiger partial charge in [0.15, 0.2) is 0 Å². The molecule has 0 saturated carbocycles. The predicted molar refractivity (Wildman–Crippen MR) is 103 cm³/mol. The standard InChI is InChI=1S/C18H27FN4O2.ClH/c1-12(2)16(20)18(25)23-9-7-22(8-10-23)13(3)17(24)21-15-6-4-5-14(19)11-15;/h4-6,11-13,16H,7-10,20H2,1-3H3,(H,21,24);1H/t13?,16-;/m0./s1. The van der Waals surface area contributed by atoms with Crippen molar-refractivity contribution in [1.82, 2.24) is 9.80 Å². The highest BCUT2D eigenvalue weighted by atomic mass is 35.5. The lowest BCUT2D eigenvalue weighted by Crippen LogP contribution is -2.57. The Hall–Kier alpha value is -1.70. The van der Waals surface area contributed by atoms with Gasteiger partial charge in [-0.2, -0.15) is 0 Å². The summed E-state index contributed by atoms with van der Waals surface area (Å²) in [5.74, 6) is -0.517. The first kappa shape index (κ1) is 22.3. The quantitative estimate of drug-likeness (QED) is 0.807. The summed E-state index contributed by atoms with van der Waals surface area (Å²) < 4.78 is 13.2. The van der Waals surface area contributed by atoms with Gasteiger partial charge in [0.25, 0.3) is 0 Å². The minimum absolute atomic E-state index is 0. The Morgan fingerprint density at radius 1 is 1.15 bits per heavy atom. The van der Waals surface area contributed by atoms with Gasteiger partial charge in [-0.1, -0.05) is 19.9 Å². The van der Waals surface area contributed by atoms with Crippen LogP contribution in [0.5, 0.6) is 0 Å². The molecule has 1 unspecified atom stereocenters. The Morgan fingerprint density at radius 3 is 2.31 bits per heavy atom. The summed E-state index contributed by atoms with van der Waals surface area (Å²) >= 11 is 0. The number of nitrogens with one attached hydrogen (secondary N) is 1. The SMILES string of the molecule is CC(C)[C@H](N)C(=O)N1CCN(C(C)C(=O)Nc2cccc(F)c2)CC1.Cl. The maximum atomic E-state index is 13.2. The van der Waals surface area contributed by atoms with Crippen molar-refractivity contribution in [3.05, 3.63) is 30.1 Å². The van der Waals surface area contributed by atoms with E-state index in [9.17, 15) is 14.0 Å². The highest BCUT2D eigenvalue weighted by molar-refractivity contribution is 5.94. The molecule has 1 aliphatic heterocycles. The molecule has 2 atom stereocenters. The van der Waals surface area contributed by atoms with Crippen LogP contribution in [0, 0.1) is 11.7 Å². The molecular weight excluding hydrogens is 359 g/mol. The first-order valence-electron chi connectivity index (χ1n) is 8.64. The molecule has 3 N–H and O–H groups in total. The lowest BCUT2D eigenvalue weighted by molar-refractivity contribution is -0.136. The van der Waals surface area contributed by atoms with Gasteiger partial charge in [-0.3, -0.25) is 14.5 Å². The van der Waals surface area contributed by atoms with Gasteiger partial charge in [0.2, 0.25) is 11.8 Å². The van der Waals surface area contributed by atoms with Crippen LogP contribution < -0.4 is 11.1 Å². The number of halogens is 2. The molecular formula is C18H28ClFN4O2. The molecule has 6 nitrogen and oxygen atoms in total. The number of carbonyl (C=O) groups excluding carboxylic acids is 2. The number of rotatable bonds is 5. The van der Waals surface area contributed by atoms with Crippen LogP contribution in [0.3, 0.4) is 0 Å². The van der Waals surface area contributed by atoms with Crippen LogP contribution >= 0.6 is 12.4 Å². The number of hydrogen-bond acceptors (Lipinski definition) is 4. The van der Waals surface area contributed by atoms with Crippen LogP contribution in [0.2, 0.25) is 0 Å². The summed E-state index contributed by atoms with van der Waals surface area (Å²) in [6, 6.07) is 4.97. The largest absolute Gasteiger partial charge is 0.339 e. The number of anilines is 1. The molecule has 146 valence electrons. The predicted octanol–water partition coefficient (Wildman–Crippen LogP) is 1.70. The molecule has 2 amide bonds. The van der Waals surface area contributed by atoms with Crippen molar-refractivity contribution in [2.45, 2.75) is 32.9 Å². The van der Waals surface area contributed by atoms with Gasteiger partial charge in [-0.25, -0.2) is 4.39 Å². The second-order valence-electron chi connectivity index (χ2n) is 6.81. The molecule has 0 radical (unpaired) electrons. The van der Waals surface area contributed by atoms with Crippen molar-refractivity contribution in [3.8, 4) is 0 Å². The van der Waals surface area contributed by atoms with Gasteiger partial charge < -0.3 is 16.0 Å². The molecule has 0 aliphatic carbocycles. The molecule has 1 heterocycles. The average molecular weight is 387 g/mol. The van der Waals surface area contributed by atoms with Crippen LogP contribution in [-0.2, 0) is 9.59 Å². The van der Waals surface area contributed by atoms with Gasteiger partial charge in [0.05, 0.1) is 12.1 Å². The number of piperazine rings is 1. The van der Waals surface area contributed by atoms with Crippen LogP contribution in [0.4, 0.5) is 10.1 Å². The van der Waals surface area contributed by atoms with E-state index in [0.29, 0.717) is 31.9 Å². The van der Waals surface area contributed by atoms with E-state index in [4.69, 9.17) is 5.73 Å². The molecule has 0 aromatic heterocycles. The minimum atomic E-state index is -0.486. The number of nitrogens with two attached hydrogens (primary N) is 1. The van der Waals surface area contributed by atoms with Gasteiger partial charge >= 0.3 is 0 Å². The van der Waals surface area contributed by atoms with Crippen molar-refractivity contribution < 1.29 is 14.0 Å². The molecule has 1 aromatic carbocycles. The zero-order chi connectivity index (χ0) is 18.6. The highest BCUT2D eigenvalue weighted by Gasteiger charge is 2.30. The normalized spacial score (nSPS) is 17.4. The van der Waals surface area contributed by atoms with Crippen molar-refractivity contribution in [3.63, 3.8) is 0 Å². The Kier molecular flexibility index (Phi) is 8.46. The smallest absolute Gasteiger partial charge is 0.241 e. The van der Waals surface area contributed by atoms with Crippen LogP contribution in [-0.4, -0.2) is 59.9 Å². The van der Waals surface area contributed by atoms with E-state index in [0.717, 1.165) is 0 Å². The maximum Gasteiger partial charge on any atom is 0.241 e. The first-order valence-corrected chi connectivity index (χ1v) is 8.64. The monoisotopic (exact) mass is 386 g/mol. The molecule has 1 saturated heterocycles. The number of amides is 2. The fourth-order valence-electron chi connectivity index (χ4n) is 2.80. The zero-order valence-corrected chi connectivity index (χ0v) is 16.3. The lowest BCUT2D eigenvalue weighted by atomic mass is 10.0. The third-order valence-electron chi connectivity index (χ3n) is 4.65. The Labute approximate surface area is 160 Å². The minimum Gasteiger partial charge on any atom is -0.339 e. The van der Waals surface area contributed by atoms with Gasteiger partial charge in [-0.05, 0) is 31.0 Å². The van der Waals surface area contributed by atoms with Crippen LogP contribution in [0.15, 0.2) is 24.3 Å². The lowest BCUT2D eigenvalue weighted by Gasteiger charge is -2.38. The molecule has 0 spiro atoms. The Morgan fingerprint density at radius 2 is 1.77 bits per heavy atom. The Bertz CT molecular complexity index is 621. The molecule has 26 heavy (non-hydrogen) atoms.